The highest BCUT2D eigenvalue weighted by atomic mass is 32.1. The number of rotatable bonds is 7. The van der Waals surface area contributed by atoms with E-state index in [1.165, 1.54) is 0 Å². The number of nitrogens with zero attached hydrogens (tertiary/aromatic N) is 1. The predicted molar refractivity (Wildman–Crippen MR) is 93.8 cm³/mol. The molecule has 1 atom stereocenters. The molecule has 4 nitrogen and oxygen atoms in total. The van der Waals surface area contributed by atoms with E-state index < -0.39 is 6.10 Å². The van der Waals surface area contributed by atoms with E-state index in [9.17, 15) is 4.79 Å². The van der Waals surface area contributed by atoms with E-state index in [0.29, 0.717) is 18.8 Å². The first-order valence-corrected chi connectivity index (χ1v) is 8.64. The highest BCUT2D eigenvalue weighted by Crippen LogP contribution is 2.18. The van der Waals surface area contributed by atoms with Gasteiger partial charge in [0.2, 0.25) is 0 Å². The molecule has 3 rings (SSSR count). The number of carbonyl (C=O) groups excluding carboxylic acids is 1. The molecule has 24 heavy (non-hydrogen) atoms. The van der Waals surface area contributed by atoms with Crippen molar-refractivity contribution in [3.63, 3.8) is 0 Å². The summed E-state index contributed by atoms with van der Waals surface area (Å²) in [6.45, 7) is 2.84. The average molecular weight is 341 g/mol. The number of para-hydroxylation sites is 1. The molecule has 1 amide bonds. The van der Waals surface area contributed by atoms with Gasteiger partial charge in [0.1, 0.15) is 5.75 Å². The maximum Gasteiger partial charge on any atom is 0.263 e. The normalized spacial score (nSPS) is 11.9. The monoisotopic (exact) mass is 341 g/mol. The molecule has 0 aliphatic carbocycles. The van der Waals surface area contributed by atoms with Crippen molar-refractivity contribution >= 4 is 17.2 Å². The van der Waals surface area contributed by atoms with Gasteiger partial charge in [0.25, 0.3) is 5.91 Å². The highest BCUT2D eigenvalue weighted by molar-refractivity contribution is 7.09. The third kappa shape index (κ3) is 4.26. The largest absolute Gasteiger partial charge is 0.481 e. The van der Waals surface area contributed by atoms with Crippen molar-refractivity contribution in [3.8, 4) is 5.75 Å². The van der Waals surface area contributed by atoms with Gasteiger partial charge < -0.3 is 14.1 Å². The molecule has 0 aliphatic heterocycles. The van der Waals surface area contributed by atoms with E-state index in [-0.39, 0.29) is 5.91 Å². The van der Waals surface area contributed by atoms with Crippen LogP contribution < -0.4 is 4.74 Å². The minimum Gasteiger partial charge on any atom is -0.481 e. The van der Waals surface area contributed by atoms with Crippen molar-refractivity contribution in [1.29, 1.82) is 0 Å². The fourth-order valence-corrected chi connectivity index (χ4v) is 3.14. The van der Waals surface area contributed by atoms with Crippen LogP contribution >= 0.6 is 11.3 Å². The number of thiophene rings is 1. The molecule has 0 saturated carbocycles. The Bertz CT molecular complexity index is 702. The zero-order valence-corrected chi connectivity index (χ0v) is 14.2. The maximum absolute atomic E-state index is 12.9. The third-order valence-electron chi connectivity index (χ3n) is 3.60. The van der Waals surface area contributed by atoms with Gasteiger partial charge in [-0.1, -0.05) is 24.3 Å². The lowest BCUT2D eigenvalue weighted by atomic mass is 10.2. The van der Waals surface area contributed by atoms with Crippen LogP contribution in [0.25, 0.3) is 0 Å². The van der Waals surface area contributed by atoms with Crippen LogP contribution in [0.3, 0.4) is 0 Å². The summed E-state index contributed by atoms with van der Waals surface area (Å²) in [5, 5.41) is 2.01. The smallest absolute Gasteiger partial charge is 0.263 e. The van der Waals surface area contributed by atoms with Gasteiger partial charge in [-0.15, -0.1) is 11.3 Å². The summed E-state index contributed by atoms with van der Waals surface area (Å²) in [7, 11) is 0. The standard InChI is InChI=1S/C19H19NO3S/c1-15(23-17-6-3-2-4-7-17)19(21)20(12-16-9-10-22-14-16)13-18-8-5-11-24-18/h2-11,14-15H,12-13H2,1H3/t15-/m1/s1. The molecule has 5 heteroatoms. The predicted octanol–water partition coefficient (Wildman–Crippen LogP) is 4.34. The van der Waals surface area contributed by atoms with Gasteiger partial charge in [0.05, 0.1) is 19.1 Å². The molecule has 0 fully saturated rings. The second-order valence-corrected chi connectivity index (χ2v) is 6.51. The Hall–Kier alpha value is -2.53. The van der Waals surface area contributed by atoms with E-state index in [4.69, 9.17) is 9.15 Å². The Morgan fingerprint density at radius 2 is 2.00 bits per heavy atom. The van der Waals surface area contributed by atoms with Gasteiger partial charge in [-0.05, 0) is 36.6 Å². The summed E-state index contributed by atoms with van der Waals surface area (Å²) in [5.74, 6) is 0.645. The van der Waals surface area contributed by atoms with E-state index in [0.717, 1.165) is 10.4 Å². The van der Waals surface area contributed by atoms with Crippen molar-refractivity contribution in [1.82, 2.24) is 4.90 Å². The van der Waals surface area contributed by atoms with Crippen LogP contribution in [-0.2, 0) is 17.9 Å². The maximum atomic E-state index is 12.9. The molecule has 0 unspecified atom stereocenters. The quantitative estimate of drug-likeness (QED) is 0.642. The molecular weight excluding hydrogens is 322 g/mol. The fraction of sp³-hybridized carbons (Fsp3) is 0.211. The number of benzene rings is 1. The average Bonchev–Trinajstić information content (AvgIpc) is 3.28. The molecule has 0 saturated heterocycles. The molecule has 2 aromatic heterocycles. The molecule has 1 aromatic carbocycles. The molecule has 0 spiro atoms. The number of ether oxygens (including phenoxy) is 1. The molecule has 2 heterocycles. The second-order valence-electron chi connectivity index (χ2n) is 5.48. The summed E-state index contributed by atoms with van der Waals surface area (Å²) < 4.78 is 10.9. The van der Waals surface area contributed by atoms with E-state index in [1.807, 2.05) is 53.9 Å². The van der Waals surface area contributed by atoms with Crippen molar-refractivity contribution in [2.24, 2.45) is 0 Å². The molecule has 0 bridgehead atoms. The van der Waals surface area contributed by atoms with Crippen molar-refractivity contribution in [2.45, 2.75) is 26.1 Å². The van der Waals surface area contributed by atoms with E-state index in [2.05, 4.69) is 0 Å². The number of amides is 1. The van der Waals surface area contributed by atoms with Gasteiger partial charge in [0.15, 0.2) is 6.10 Å². The first-order valence-electron chi connectivity index (χ1n) is 7.76. The van der Waals surface area contributed by atoms with Crippen molar-refractivity contribution in [2.75, 3.05) is 0 Å². The number of hydrogen-bond acceptors (Lipinski definition) is 4. The highest BCUT2D eigenvalue weighted by Gasteiger charge is 2.23. The summed E-state index contributed by atoms with van der Waals surface area (Å²) in [4.78, 5) is 15.8. The SMILES string of the molecule is C[C@@H](Oc1ccccc1)C(=O)N(Cc1ccoc1)Cc1cccs1. The van der Waals surface area contributed by atoms with E-state index >= 15 is 0 Å². The molecule has 3 aromatic rings. The lowest BCUT2D eigenvalue weighted by Gasteiger charge is -2.25. The van der Waals surface area contributed by atoms with Gasteiger partial charge in [-0.3, -0.25) is 4.79 Å². The van der Waals surface area contributed by atoms with Gasteiger partial charge >= 0.3 is 0 Å². The molecule has 0 radical (unpaired) electrons. The summed E-state index contributed by atoms with van der Waals surface area (Å²) >= 11 is 1.64. The summed E-state index contributed by atoms with van der Waals surface area (Å²) in [6, 6.07) is 15.3. The molecule has 0 N–H and O–H groups in total. The first-order chi connectivity index (χ1) is 11.7. The van der Waals surface area contributed by atoms with E-state index in [1.54, 1.807) is 35.7 Å². The van der Waals surface area contributed by atoms with Crippen LogP contribution in [0.2, 0.25) is 0 Å². The second kappa shape index (κ2) is 7.84. The minimum atomic E-state index is -0.556. The lowest BCUT2D eigenvalue weighted by molar-refractivity contribution is -0.139. The topological polar surface area (TPSA) is 42.7 Å². The number of carbonyl (C=O) groups is 1. The Morgan fingerprint density at radius 3 is 2.67 bits per heavy atom. The van der Waals surface area contributed by atoms with Gasteiger partial charge in [-0.2, -0.15) is 0 Å². The third-order valence-corrected chi connectivity index (χ3v) is 4.46. The van der Waals surface area contributed by atoms with Crippen LogP contribution in [0.1, 0.15) is 17.4 Å². The fourth-order valence-electron chi connectivity index (χ4n) is 2.42. The zero-order valence-electron chi connectivity index (χ0n) is 13.4. The van der Waals surface area contributed by atoms with Crippen LogP contribution in [0.15, 0.2) is 70.9 Å². The van der Waals surface area contributed by atoms with Gasteiger partial charge in [-0.25, -0.2) is 0 Å². The molecule has 124 valence electrons. The van der Waals surface area contributed by atoms with Crippen LogP contribution in [-0.4, -0.2) is 16.9 Å². The first kappa shape index (κ1) is 16.3. The zero-order chi connectivity index (χ0) is 16.8. The number of furan rings is 1. The molecular formula is C19H19NO3S. The number of hydrogen-bond donors (Lipinski definition) is 0. The summed E-state index contributed by atoms with van der Waals surface area (Å²) in [5.41, 5.74) is 0.965. The Balaban J connectivity index is 1.71. The Morgan fingerprint density at radius 1 is 1.17 bits per heavy atom. The van der Waals surface area contributed by atoms with Crippen LogP contribution in [0.5, 0.6) is 5.75 Å². The minimum absolute atomic E-state index is 0.0477. The summed E-state index contributed by atoms with van der Waals surface area (Å²) in [6.07, 6.45) is 2.73. The van der Waals surface area contributed by atoms with Gasteiger partial charge in [0, 0.05) is 17.0 Å². The van der Waals surface area contributed by atoms with Crippen molar-refractivity contribution < 1.29 is 13.9 Å². The van der Waals surface area contributed by atoms with Crippen molar-refractivity contribution in [3.05, 3.63) is 76.9 Å². The Kier molecular flexibility index (Phi) is 5.33. The lowest BCUT2D eigenvalue weighted by Crippen LogP contribution is -2.39. The van der Waals surface area contributed by atoms with Crippen LogP contribution in [0, 0.1) is 0 Å². The Labute approximate surface area is 145 Å². The van der Waals surface area contributed by atoms with Crippen LogP contribution in [0.4, 0.5) is 0 Å². The molecule has 0 aliphatic rings.